The number of aliphatic carboxylic acids is 1. The van der Waals surface area contributed by atoms with Crippen LogP contribution in [0.1, 0.15) is 13.8 Å². The van der Waals surface area contributed by atoms with E-state index in [0.717, 1.165) is 4.47 Å². The fourth-order valence-electron chi connectivity index (χ4n) is 1.26. The molecule has 0 radical (unpaired) electrons. The molecule has 1 aromatic carbocycles. The van der Waals surface area contributed by atoms with Crippen LogP contribution in [0.5, 0.6) is 5.75 Å². The molecule has 0 aliphatic carbocycles. The quantitative estimate of drug-likeness (QED) is 0.837. The van der Waals surface area contributed by atoms with Gasteiger partial charge in [0.25, 0.3) is 5.91 Å². The molecule has 5 nitrogen and oxygen atoms in total. The minimum Gasteiger partial charge on any atom is -0.481 e. The predicted octanol–water partition coefficient (Wildman–Crippen LogP) is 2.05. The zero-order valence-corrected chi connectivity index (χ0v) is 12.3. The molecule has 6 heteroatoms. The lowest BCUT2D eigenvalue weighted by atomic mass is 10.2. The van der Waals surface area contributed by atoms with Crippen molar-refractivity contribution in [1.29, 1.82) is 0 Å². The van der Waals surface area contributed by atoms with E-state index in [0.29, 0.717) is 5.75 Å². The van der Waals surface area contributed by atoms with E-state index in [9.17, 15) is 9.59 Å². The minimum absolute atomic E-state index is 0.0855. The summed E-state index contributed by atoms with van der Waals surface area (Å²) in [5, 5.41) is 11.2. The van der Waals surface area contributed by atoms with Gasteiger partial charge < -0.3 is 15.2 Å². The molecule has 0 fully saturated rings. The summed E-state index contributed by atoms with van der Waals surface area (Å²) in [5.41, 5.74) is 0. The molecule has 104 valence electrons. The highest BCUT2D eigenvalue weighted by Gasteiger charge is 2.17. The molecule has 1 amide bonds. The molecule has 0 aliphatic heterocycles. The number of amides is 1. The van der Waals surface area contributed by atoms with Crippen LogP contribution in [0.4, 0.5) is 0 Å². The summed E-state index contributed by atoms with van der Waals surface area (Å²) in [7, 11) is 0. The summed E-state index contributed by atoms with van der Waals surface area (Å²) >= 11 is 3.30. The van der Waals surface area contributed by atoms with E-state index in [1.54, 1.807) is 19.1 Å². The summed E-state index contributed by atoms with van der Waals surface area (Å²) in [6.45, 7) is 3.23. The van der Waals surface area contributed by atoms with Crippen molar-refractivity contribution < 1.29 is 19.4 Å². The lowest BCUT2D eigenvalue weighted by Gasteiger charge is -2.15. The van der Waals surface area contributed by atoms with Crippen LogP contribution >= 0.6 is 15.9 Å². The van der Waals surface area contributed by atoms with Gasteiger partial charge in [0, 0.05) is 11.0 Å². The van der Waals surface area contributed by atoms with Crippen molar-refractivity contribution in [1.82, 2.24) is 5.32 Å². The molecule has 19 heavy (non-hydrogen) atoms. The Hall–Kier alpha value is -1.56. The van der Waals surface area contributed by atoms with Crippen LogP contribution in [-0.2, 0) is 9.59 Å². The van der Waals surface area contributed by atoms with Crippen LogP contribution in [0.3, 0.4) is 0 Å². The molecule has 0 spiro atoms. The predicted molar refractivity (Wildman–Crippen MR) is 74.0 cm³/mol. The molecule has 0 saturated heterocycles. The summed E-state index contributed by atoms with van der Waals surface area (Å²) in [6.07, 6.45) is -0.679. The highest BCUT2D eigenvalue weighted by atomic mass is 79.9. The van der Waals surface area contributed by atoms with E-state index in [1.807, 2.05) is 12.1 Å². The Balaban J connectivity index is 2.44. The highest BCUT2D eigenvalue weighted by Crippen LogP contribution is 2.17. The second-order valence-corrected chi connectivity index (χ2v) is 5.11. The normalized spacial score (nSPS) is 13.4. The molecule has 1 aromatic rings. The first-order chi connectivity index (χ1) is 8.90. The Morgan fingerprint density at radius 2 is 1.89 bits per heavy atom. The molecule has 1 rings (SSSR count). The zero-order chi connectivity index (χ0) is 14.4. The maximum atomic E-state index is 11.7. The van der Waals surface area contributed by atoms with Crippen LogP contribution in [0.2, 0.25) is 0 Å². The van der Waals surface area contributed by atoms with Crippen molar-refractivity contribution in [2.45, 2.75) is 20.0 Å². The van der Waals surface area contributed by atoms with E-state index in [1.165, 1.54) is 6.92 Å². The van der Waals surface area contributed by atoms with Gasteiger partial charge in [0.1, 0.15) is 5.75 Å². The Morgan fingerprint density at radius 1 is 1.32 bits per heavy atom. The Morgan fingerprint density at radius 3 is 2.42 bits per heavy atom. The van der Waals surface area contributed by atoms with E-state index in [2.05, 4.69) is 21.2 Å². The van der Waals surface area contributed by atoms with E-state index < -0.39 is 18.0 Å². The summed E-state index contributed by atoms with van der Waals surface area (Å²) < 4.78 is 6.37. The standard InChI is InChI=1S/C13H16BrNO4/c1-8(13(17)18)7-15-12(16)9(2)19-11-5-3-10(14)4-6-11/h3-6,8-9H,7H2,1-2H3,(H,15,16)(H,17,18). The summed E-state index contributed by atoms with van der Waals surface area (Å²) in [5.74, 6) is -1.32. The topological polar surface area (TPSA) is 75.6 Å². The molecule has 0 saturated carbocycles. The minimum atomic E-state index is -0.943. The molecule has 2 N–H and O–H groups in total. The van der Waals surface area contributed by atoms with Crippen LogP contribution in [0.25, 0.3) is 0 Å². The van der Waals surface area contributed by atoms with Gasteiger partial charge in [0.2, 0.25) is 0 Å². The van der Waals surface area contributed by atoms with Crippen molar-refractivity contribution in [3.05, 3.63) is 28.7 Å². The number of carbonyl (C=O) groups excluding carboxylic acids is 1. The lowest BCUT2D eigenvalue weighted by Crippen LogP contribution is -2.39. The third-order valence-corrected chi connectivity index (χ3v) is 3.03. The van der Waals surface area contributed by atoms with Gasteiger partial charge in [0.05, 0.1) is 5.92 Å². The molecule has 0 aromatic heterocycles. The lowest BCUT2D eigenvalue weighted by molar-refractivity contribution is -0.141. The van der Waals surface area contributed by atoms with Gasteiger partial charge in [-0.1, -0.05) is 22.9 Å². The first-order valence-corrected chi connectivity index (χ1v) is 6.62. The van der Waals surface area contributed by atoms with E-state index >= 15 is 0 Å². The fraction of sp³-hybridized carbons (Fsp3) is 0.385. The van der Waals surface area contributed by atoms with Gasteiger partial charge in [-0.15, -0.1) is 0 Å². The van der Waals surface area contributed by atoms with Gasteiger partial charge in [0.15, 0.2) is 6.10 Å². The molecule has 0 bridgehead atoms. The van der Waals surface area contributed by atoms with E-state index in [-0.39, 0.29) is 12.5 Å². The molecule has 2 unspecified atom stereocenters. The van der Waals surface area contributed by atoms with Gasteiger partial charge in [-0.25, -0.2) is 0 Å². The number of carboxylic acid groups (broad SMARTS) is 1. The number of nitrogens with one attached hydrogen (secondary N) is 1. The van der Waals surface area contributed by atoms with Crippen molar-refractivity contribution in [2.75, 3.05) is 6.54 Å². The SMILES string of the molecule is CC(CNC(=O)C(C)Oc1ccc(Br)cc1)C(=O)O. The van der Waals surface area contributed by atoms with Gasteiger partial charge in [-0.2, -0.15) is 0 Å². The maximum absolute atomic E-state index is 11.7. The molecule has 2 atom stereocenters. The van der Waals surface area contributed by atoms with E-state index in [4.69, 9.17) is 9.84 Å². The summed E-state index contributed by atoms with van der Waals surface area (Å²) in [4.78, 5) is 22.3. The molecular formula is C13H16BrNO4. The smallest absolute Gasteiger partial charge is 0.308 e. The maximum Gasteiger partial charge on any atom is 0.308 e. The number of benzene rings is 1. The largest absolute Gasteiger partial charge is 0.481 e. The Kier molecular flexibility index (Phi) is 5.82. The highest BCUT2D eigenvalue weighted by molar-refractivity contribution is 9.10. The van der Waals surface area contributed by atoms with Crippen molar-refractivity contribution >= 4 is 27.8 Å². The number of carbonyl (C=O) groups is 2. The number of hydrogen-bond acceptors (Lipinski definition) is 3. The van der Waals surface area contributed by atoms with Crippen molar-refractivity contribution in [3.8, 4) is 5.75 Å². The summed E-state index contributed by atoms with van der Waals surface area (Å²) in [6, 6.07) is 7.11. The Bertz CT molecular complexity index is 446. The monoisotopic (exact) mass is 329 g/mol. The van der Waals surface area contributed by atoms with Gasteiger partial charge in [-0.05, 0) is 31.2 Å². The number of rotatable bonds is 6. The molecule has 0 heterocycles. The number of carboxylic acids is 1. The van der Waals surface area contributed by atoms with Crippen molar-refractivity contribution in [3.63, 3.8) is 0 Å². The molecular weight excluding hydrogens is 314 g/mol. The molecule has 0 aliphatic rings. The average molecular weight is 330 g/mol. The van der Waals surface area contributed by atoms with Crippen LogP contribution < -0.4 is 10.1 Å². The zero-order valence-electron chi connectivity index (χ0n) is 10.7. The van der Waals surface area contributed by atoms with Crippen LogP contribution in [0.15, 0.2) is 28.7 Å². The number of hydrogen-bond donors (Lipinski definition) is 2. The fourth-order valence-corrected chi connectivity index (χ4v) is 1.52. The Labute approximate surface area is 120 Å². The van der Waals surface area contributed by atoms with Crippen molar-refractivity contribution in [2.24, 2.45) is 5.92 Å². The average Bonchev–Trinajstić information content (AvgIpc) is 2.37. The first-order valence-electron chi connectivity index (χ1n) is 5.83. The van der Waals surface area contributed by atoms with Gasteiger partial charge in [-0.3, -0.25) is 9.59 Å². The van der Waals surface area contributed by atoms with Gasteiger partial charge >= 0.3 is 5.97 Å². The second-order valence-electron chi connectivity index (χ2n) is 4.20. The first kappa shape index (κ1) is 15.5. The number of halogens is 1. The third kappa shape index (κ3) is 5.30. The second kappa shape index (κ2) is 7.13. The van der Waals surface area contributed by atoms with Crippen LogP contribution in [-0.4, -0.2) is 29.6 Å². The third-order valence-electron chi connectivity index (χ3n) is 2.50. The van der Waals surface area contributed by atoms with Crippen LogP contribution in [0, 0.1) is 5.92 Å². The number of ether oxygens (including phenoxy) is 1.